The molecule has 0 spiro atoms. The number of Topliss-reactive ketones (excluding diaryl/α,β-unsaturated/α-hetero) is 2. The largest absolute Gasteiger partial charge is 0.489 e. The Hall–Kier alpha value is -2.66. The van der Waals surface area contributed by atoms with Crippen LogP contribution in [-0.2, 0) is 16.2 Å². The molecular weight excluding hydrogens is 502 g/mol. The highest BCUT2D eigenvalue weighted by molar-refractivity contribution is 9.10. The zero-order valence-electron chi connectivity index (χ0n) is 20.8. The van der Waals surface area contributed by atoms with Crippen LogP contribution < -0.4 is 10.1 Å². The summed E-state index contributed by atoms with van der Waals surface area (Å²) in [5.74, 6) is 0.747. The van der Waals surface area contributed by atoms with Crippen molar-refractivity contribution in [1.82, 2.24) is 5.32 Å². The zero-order chi connectivity index (χ0) is 25.0. The SMILES string of the molecule is CC1(C)CC(=O)C2=C(C1)NC1=C(C(=O)CC(C)(C)C1)C2c1ccc(OCc2ccc(Br)cc2)cc1. The molecule has 0 saturated heterocycles. The topological polar surface area (TPSA) is 55.4 Å². The van der Waals surface area contributed by atoms with Crippen molar-refractivity contribution in [3.05, 3.63) is 86.7 Å². The average molecular weight is 534 g/mol. The molecule has 0 unspecified atom stereocenters. The molecule has 0 bridgehead atoms. The standard InChI is InChI=1S/C30H32BrNO3/c1-29(2)13-22-27(24(33)15-29)26(28-23(32-22)14-30(3,4)16-25(28)34)19-7-11-21(12-8-19)35-17-18-5-9-20(31)10-6-18/h5-12,26,32H,13-17H2,1-4H3. The van der Waals surface area contributed by atoms with E-state index in [1.165, 1.54) is 0 Å². The lowest BCUT2D eigenvalue weighted by Crippen LogP contribution is -2.42. The molecule has 0 saturated carbocycles. The van der Waals surface area contributed by atoms with E-state index in [4.69, 9.17) is 4.74 Å². The van der Waals surface area contributed by atoms with E-state index in [1.807, 2.05) is 48.5 Å². The van der Waals surface area contributed by atoms with Crippen LogP contribution in [0.25, 0.3) is 0 Å². The second-order valence-electron chi connectivity index (χ2n) is 11.7. The number of halogens is 1. The molecule has 0 aromatic heterocycles. The Morgan fingerprint density at radius 1 is 0.800 bits per heavy atom. The van der Waals surface area contributed by atoms with Gasteiger partial charge in [0.25, 0.3) is 0 Å². The van der Waals surface area contributed by atoms with Crippen LogP contribution in [0.2, 0.25) is 0 Å². The maximum Gasteiger partial charge on any atom is 0.162 e. The van der Waals surface area contributed by atoms with Gasteiger partial charge in [0.05, 0.1) is 0 Å². The molecule has 3 aliphatic rings. The van der Waals surface area contributed by atoms with Crippen LogP contribution in [-0.4, -0.2) is 11.6 Å². The van der Waals surface area contributed by atoms with Gasteiger partial charge >= 0.3 is 0 Å². The van der Waals surface area contributed by atoms with Crippen molar-refractivity contribution in [2.24, 2.45) is 10.8 Å². The number of carbonyl (C=O) groups excluding carboxylic acids is 2. The highest BCUT2D eigenvalue weighted by Gasteiger charge is 2.46. The number of ketones is 2. The Balaban J connectivity index is 1.48. The summed E-state index contributed by atoms with van der Waals surface area (Å²) in [5, 5.41) is 3.57. The summed E-state index contributed by atoms with van der Waals surface area (Å²) >= 11 is 3.46. The van der Waals surface area contributed by atoms with Crippen LogP contribution in [0, 0.1) is 10.8 Å². The maximum absolute atomic E-state index is 13.4. The van der Waals surface area contributed by atoms with Gasteiger partial charge in [-0.05, 0) is 59.1 Å². The fraction of sp³-hybridized carbons (Fsp3) is 0.400. The van der Waals surface area contributed by atoms with Gasteiger partial charge < -0.3 is 10.1 Å². The van der Waals surface area contributed by atoms with E-state index in [0.29, 0.717) is 19.4 Å². The number of hydrogen-bond acceptors (Lipinski definition) is 4. The maximum atomic E-state index is 13.4. The number of rotatable bonds is 4. The normalized spacial score (nSPS) is 21.4. The average Bonchev–Trinajstić information content (AvgIpc) is 2.76. The van der Waals surface area contributed by atoms with Crippen LogP contribution in [0.5, 0.6) is 5.75 Å². The molecule has 0 radical (unpaired) electrons. The Bertz CT molecular complexity index is 1200. The molecule has 1 aliphatic heterocycles. The first kappa shape index (κ1) is 24.1. The fourth-order valence-electron chi connectivity index (χ4n) is 5.73. The van der Waals surface area contributed by atoms with Crippen molar-refractivity contribution in [1.29, 1.82) is 0 Å². The van der Waals surface area contributed by atoms with Crippen LogP contribution >= 0.6 is 15.9 Å². The zero-order valence-corrected chi connectivity index (χ0v) is 22.4. The molecule has 2 aliphatic carbocycles. The summed E-state index contributed by atoms with van der Waals surface area (Å²) in [7, 11) is 0. The summed E-state index contributed by atoms with van der Waals surface area (Å²) in [6, 6.07) is 16.0. The third-order valence-corrected chi connectivity index (χ3v) is 7.78. The smallest absolute Gasteiger partial charge is 0.162 e. The summed E-state index contributed by atoms with van der Waals surface area (Å²) in [5.41, 5.74) is 5.43. The summed E-state index contributed by atoms with van der Waals surface area (Å²) in [4.78, 5) is 26.9. The van der Waals surface area contributed by atoms with Crippen molar-refractivity contribution in [3.63, 3.8) is 0 Å². The lowest BCUT2D eigenvalue weighted by molar-refractivity contribution is -0.119. The second-order valence-corrected chi connectivity index (χ2v) is 12.6. The summed E-state index contributed by atoms with van der Waals surface area (Å²) in [6.07, 6.45) is 2.62. The lowest BCUT2D eigenvalue weighted by atomic mass is 9.64. The highest BCUT2D eigenvalue weighted by Crippen LogP contribution is 2.51. The Morgan fingerprint density at radius 3 is 1.83 bits per heavy atom. The van der Waals surface area contributed by atoms with Crippen molar-refractivity contribution >= 4 is 27.5 Å². The minimum atomic E-state index is -0.311. The van der Waals surface area contributed by atoms with Gasteiger partial charge in [0.2, 0.25) is 0 Å². The molecule has 0 fully saturated rings. The third-order valence-electron chi connectivity index (χ3n) is 7.25. The molecule has 5 rings (SSSR count). The Morgan fingerprint density at radius 2 is 1.31 bits per heavy atom. The lowest BCUT2D eigenvalue weighted by Gasteiger charge is -2.44. The van der Waals surface area contributed by atoms with Crippen LogP contribution in [0.1, 0.15) is 70.4 Å². The molecule has 0 atom stereocenters. The number of carbonyl (C=O) groups is 2. The molecular formula is C30H32BrNO3. The van der Waals surface area contributed by atoms with Gasteiger partial charge in [-0.3, -0.25) is 9.59 Å². The van der Waals surface area contributed by atoms with E-state index in [0.717, 1.165) is 56.7 Å². The monoisotopic (exact) mass is 533 g/mol. The van der Waals surface area contributed by atoms with E-state index in [-0.39, 0.29) is 28.3 Å². The van der Waals surface area contributed by atoms with Gasteiger partial charge in [0.15, 0.2) is 11.6 Å². The van der Waals surface area contributed by atoms with Crippen LogP contribution in [0.4, 0.5) is 0 Å². The number of hydrogen-bond donors (Lipinski definition) is 1. The molecule has 0 amide bonds. The van der Waals surface area contributed by atoms with Gasteiger partial charge in [-0.25, -0.2) is 0 Å². The van der Waals surface area contributed by atoms with E-state index in [2.05, 4.69) is 48.9 Å². The van der Waals surface area contributed by atoms with Crippen LogP contribution in [0.3, 0.4) is 0 Å². The molecule has 4 nitrogen and oxygen atoms in total. The first-order chi connectivity index (χ1) is 16.5. The highest BCUT2D eigenvalue weighted by atomic mass is 79.9. The molecule has 5 heteroatoms. The fourth-order valence-corrected chi connectivity index (χ4v) is 5.99. The van der Waals surface area contributed by atoms with E-state index < -0.39 is 0 Å². The van der Waals surface area contributed by atoms with Crippen molar-refractivity contribution in [2.75, 3.05) is 0 Å². The van der Waals surface area contributed by atoms with Crippen molar-refractivity contribution in [2.45, 2.75) is 65.9 Å². The first-order valence-electron chi connectivity index (χ1n) is 12.3. The minimum Gasteiger partial charge on any atom is -0.489 e. The molecule has 1 N–H and O–H groups in total. The molecule has 2 aromatic rings. The molecule has 1 heterocycles. The number of nitrogens with one attached hydrogen (secondary N) is 1. The Kier molecular flexibility index (Phi) is 6.03. The first-order valence-corrected chi connectivity index (χ1v) is 13.1. The van der Waals surface area contributed by atoms with E-state index >= 15 is 0 Å². The number of dihydropyridines is 1. The van der Waals surface area contributed by atoms with E-state index in [1.54, 1.807) is 0 Å². The van der Waals surface area contributed by atoms with Gasteiger partial charge in [0.1, 0.15) is 12.4 Å². The quantitative estimate of drug-likeness (QED) is 0.459. The molecule has 2 aromatic carbocycles. The Labute approximate surface area is 216 Å². The summed E-state index contributed by atoms with van der Waals surface area (Å²) < 4.78 is 7.04. The van der Waals surface area contributed by atoms with E-state index in [9.17, 15) is 9.59 Å². The van der Waals surface area contributed by atoms with Gasteiger partial charge in [-0.2, -0.15) is 0 Å². The summed E-state index contributed by atoms with van der Waals surface area (Å²) in [6.45, 7) is 9.04. The third kappa shape index (κ3) is 4.88. The number of allylic oxidation sites excluding steroid dienone is 4. The van der Waals surface area contributed by atoms with Crippen LogP contribution in [0.15, 0.2) is 75.5 Å². The predicted octanol–water partition coefficient (Wildman–Crippen LogP) is 7.00. The predicted molar refractivity (Wildman–Crippen MR) is 141 cm³/mol. The van der Waals surface area contributed by atoms with Crippen molar-refractivity contribution < 1.29 is 14.3 Å². The number of ether oxygens (including phenoxy) is 1. The second kappa shape index (κ2) is 8.77. The number of benzene rings is 2. The molecule has 182 valence electrons. The minimum absolute atomic E-state index is 0.0928. The van der Waals surface area contributed by atoms with Gasteiger partial charge in [-0.1, -0.05) is 67.9 Å². The van der Waals surface area contributed by atoms with Gasteiger partial charge in [0, 0.05) is 45.8 Å². The van der Waals surface area contributed by atoms with Crippen molar-refractivity contribution in [3.8, 4) is 5.75 Å². The molecule has 35 heavy (non-hydrogen) atoms. The van der Waals surface area contributed by atoms with Gasteiger partial charge in [-0.15, -0.1) is 0 Å².